The van der Waals surface area contributed by atoms with Crippen LogP contribution < -0.4 is 5.32 Å². The fourth-order valence-corrected chi connectivity index (χ4v) is 1.85. The van der Waals surface area contributed by atoms with Gasteiger partial charge in [0.05, 0.1) is 10.4 Å². The molecule has 1 aromatic heterocycles. The van der Waals surface area contributed by atoms with Crippen LogP contribution in [0.3, 0.4) is 0 Å². The van der Waals surface area contributed by atoms with Crippen LogP contribution in [0, 0.1) is 0 Å². The standard InChI is InChI=1S/C5H7BrN2S/c1-7-2-4-5(6)8-3-9-4/h3,7H,2H2,1H3. The summed E-state index contributed by atoms with van der Waals surface area (Å²) < 4.78 is 0.960. The van der Waals surface area contributed by atoms with Gasteiger partial charge in [0.2, 0.25) is 0 Å². The Morgan fingerprint density at radius 2 is 2.67 bits per heavy atom. The molecule has 0 saturated heterocycles. The van der Waals surface area contributed by atoms with E-state index >= 15 is 0 Å². The number of hydrogen-bond acceptors (Lipinski definition) is 3. The molecule has 0 bridgehead atoms. The first-order chi connectivity index (χ1) is 4.34. The van der Waals surface area contributed by atoms with Crippen molar-refractivity contribution in [2.45, 2.75) is 6.54 Å². The van der Waals surface area contributed by atoms with Gasteiger partial charge in [-0.15, -0.1) is 11.3 Å². The minimum Gasteiger partial charge on any atom is -0.315 e. The number of hydrogen-bond donors (Lipinski definition) is 1. The quantitative estimate of drug-likeness (QED) is 0.797. The summed E-state index contributed by atoms with van der Waals surface area (Å²) in [6.07, 6.45) is 0. The van der Waals surface area contributed by atoms with Crippen LogP contribution in [0.2, 0.25) is 0 Å². The first-order valence-corrected chi connectivity index (χ1v) is 4.24. The van der Waals surface area contributed by atoms with Crippen LogP contribution in [0.4, 0.5) is 0 Å². The Kier molecular flexibility index (Phi) is 2.63. The molecule has 9 heavy (non-hydrogen) atoms. The van der Waals surface area contributed by atoms with Gasteiger partial charge in [-0.05, 0) is 23.0 Å². The van der Waals surface area contributed by atoms with E-state index < -0.39 is 0 Å². The molecule has 0 spiro atoms. The van der Waals surface area contributed by atoms with Gasteiger partial charge in [0.1, 0.15) is 4.60 Å². The molecular weight excluding hydrogens is 200 g/mol. The fraction of sp³-hybridized carbons (Fsp3) is 0.400. The zero-order valence-corrected chi connectivity index (χ0v) is 7.42. The van der Waals surface area contributed by atoms with Gasteiger partial charge in [-0.1, -0.05) is 0 Å². The van der Waals surface area contributed by atoms with E-state index in [-0.39, 0.29) is 0 Å². The van der Waals surface area contributed by atoms with E-state index in [2.05, 4.69) is 26.2 Å². The zero-order valence-electron chi connectivity index (χ0n) is 5.02. The van der Waals surface area contributed by atoms with Crippen molar-refractivity contribution >= 4 is 27.3 Å². The van der Waals surface area contributed by atoms with Gasteiger partial charge in [0.25, 0.3) is 0 Å². The number of nitrogens with zero attached hydrogens (tertiary/aromatic N) is 1. The molecule has 1 aromatic rings. The third-order valence-electron chi connectivity index (χ3n) is 0.928. The Bertz CT molecular complexity index is 187. The van der Waals surface area contributed by atoms with Crippen LogP contribution in [0.25, 0.3) is 0 Å². The van der Waals surface area contributed by atoms with E-state index in [0.29, 0.717) is 0 Å². The second-order valence-electron chi connectivity index (χ2n) is 1.60. The number of aromatic nitrogens is 1. The Morgan fingerprint density at radius 3 is 3.11 bits per heavy atom. The molecule has 0 amide bonds. The van der Waals surface area contributed by atoms with Gasteiger partial charge in [-0.2, -0.15) is 0 Å². The summed E-state index contributed by atoms with van der Waals surface area (Å²) in [6.45, 7) is 0.894. The lowest BCUT2D eigenvalue weighted by Crippen LogP contribution is -2.03. The molecule has 0 aliphatic rings. The van der Waals surface area contributed by atoms with Crippen LogP contribution in [0.5, 0.6) is 0 Å². The van der Waals surface area contributed by atoms with Crippen LogP contribution in [0.1, 0.15) is 4.88 Å². The third kappa shape index (κ3) is 1.74. The van der Waals surface area contributed by atoms with Crippen molar-refractivity contribution < 1.29 is 0 Å². The van der Waals surface area contributed by atoms with E-state index in [0.717, 1.165) is 11.1 Å². The Hall–Kier alpha value is 0.0700. The molecule has 1 N–H and O–H groups in total. The second-order valence-corrected chi connectivity index (χ2v) is 3.29. The zero-order chi connectivity index (χ0) is 6.69. The van der Waals surface area contributed by atoms with Crippen molar-refractivity contribution in [3.05, 3.63) is 15.0 Å². The van der Waals surface area contributed by atoms with Crippen LogP contribution in [-0.2, 0) is 6.54 Å². The Morgan fingerprint density at radius 1 is 1.89 bits per heavy atom. The highest BCUT2D eigenvalue weighted by Crippen LogP contribution is 2.17. The average Bonchev–Trinajstić information content (AvgIpc) is 2.18. The van der Waals surface area contributed by atoms with Gasteiger partial charge >= 0.3 is 0 Å². The SMILES string of the molecule is CNCc1scnc1Br. The van der Waals surface area contributed by atoms with Crippen molar-refractivity contribution in [3.8, 4) is 0 Å². The maximum Gasteiger partial charge on any atom is 0.121 e. The minimum absolute atomic E-state index is 0.894. The summed E-state index contributed by atoms with van der Waals surface area (Å²) in [4.78, 5) is 5.28. The molecule has 0 radical (unpaired) electrons. The van der Waals surface area contributed by atoms with E-state index in [9.17, 15) is 0 Å². The van der Waals surface area contributed by atoms with Crippen molar-refractivity contribution in [3.63, 3.8) is 0 Å². The van der Waals surface area contributed by atoms with Gasteiger partial charge in [0, 0.05) is 6.54 Å². The lowest BCUT2D eigenvalue weighted by Gasteiger charge is -1.91. The van der Waals surface area contributed by atoms with Crippen LogP contribution >= 0.6 is 27.3 Å². The summed E-state index contributed by atoms with van der Waals surface area (Å²) in [5.41, 5.74) is 1.83. The predicted molar refractivity (Wildman–Crippen MR) is 42.6 cm³/mol. The number of rotatable bonds is 2. The molecule has 0 saturated carbocycles. The number of thiazole rings is 1. The summed E-state index contributed by atoms with van der Waals surface area (Å²) >= 11 is 4.98. The first-order valence-electron chi connectivity index (χ1n) is 2.57. The van der Waals surface area contributed by atoms with Gasteiger partial charge in [0.15, 0.2) is 0 Å². The largest absolute Gasteiger partial charge is 0.315 e. The van der Waals surface area contributed by atoms with Gasteiger partial charge in [-0.25, -0.2) is 4.98 Å². The highest BCUT2D eigenvalue weighted by atomic mass is 79.9. The second kappa shape index (κ2) is 3.29. The Labute approximate surface area is 66.4 Å². The molecule has 50 valence electrons. The van der Waals surface area contributed by atoms with E-state index in [4.69, 9.17) is 0 Å². The predicted octanol–water partition coefficient (Wildman–Crippen LogP) is 1.62. The molecule has 0 aliphatic heterocycles. The molecule has 0 unspecified atom stereocenters. The number of nitrogens with one attached hydrogen (secondary N) is 1. The maximum atomic E-state index is 4.03. The monoisotopic (exact) mass is 206 g/mol. The van der Waals surface area contributed by atoms with Crippen LogP contribution in [0.15, 0.2) is 10.1 Å². The first kappa shape index (κ1) is 7.18. The smallest absolute Gasteiger partial charge is 0.121 e. The van der Waals surface area contributed by atoms with Crippen molar-refractivity contribution in [2.75, 3.05) is 7.05 Å². The third-order valence-corrected chi connectivity index (χ3v) is 2.71. The summed E-state index contributed by atoms with van der Waals surface area (Å²) in [5.74, 6) is 0. The molecule has 2 nitrogen and oxygen atoms in total. The van der Waals surface area contributed by atoms with E-state index in [1.54, 1.807) is 11.3 Å². The highest BCUT2D eigenvalue weighted by Gasteiger charge is 1.98. The molecule has 4 heteroatoms. The number of halogens is 1. The summed E-state index contributed by atoms with van der Waals surface area (Å²) in [5, 5.41) is 3.05. The van der Waals surface area contributed by atoms with E-state index in [1.165, 1.54) is 4.88 Å². The average molecular weight is 207 g/mol. The fourth-order valence-electron chi connectivity index (χ4n) is 0.532. The van der Waals surface area contributed by atoms with Gasteiger partial charge in [-0.3, -0.25) is 0 Å². The lowest BCUT2D eigenvalue weighted by molar-refractivity contribution is 0.825. The Balaban J connectivity index is 2.69. The molecule has 0 atom stereocenters. The maximum absolute atomic E-state index is 4.03. The van der Waals surface area contributed by atoms with Crippen molar-refractivity contribution in [2.24, 2.45) is 0 Å². The van der Waals surface area contributed by atoms with Crippen molar-refractivity contribution in [1.82, 2.24) is 10.3 Å². The normalized spacial score (nSPS) is 10.0. The molecule has 0 aromatic carbocycles. The summed E-state index contributed by atoms with van der Waals surface area (Å²) in [6, 6.07) is 0. The highest BCUT2D eigenvalue weighted by molar-refractivity contribution is 9.10. The van der Waals surface area contributed by atoms with Crippen LogP contribution in [-0.4, -0.2) is 12.0 Å². The molecule has 0 fully saturated rings. The molecule has 1 heterocycles. The summed E-state index contributed by atoms with van der Waals surface area (Å²) in [7, 11) is 1.92. The lowest BCUT2D eigenvalue weighted by atomic mass is 10.5. The molecule has 1 rings (SSSR count). The molecule has 0 aliphatic carbocycles. The van der Waals surface area contributed by atoms with Crippen molar-refractivity contribution in [1.29, 1.82) is 0 Å². The molecular formula is C5H7BrN2S. The van der Waals surface area contributed by atoms with E-state index in [1.807, 2.05) is 12.6 Å². The topological polar surface area (TPSA) is 24.9 Å². The van der Waals surface area contributed by atoms with Gasteiger partial charge < -0.3 is 5.32 Å². The minimum atomic E-state index is 0.894.